The summed E-state index contributed by atoms with van der Waals surface area (Å²) in [4.78, 5) is 13.4. The lowest BCUT2D eigenvalue weighted by atomic mass is 9.97. The number of unbranched alkanes of at least 4 members (excludes halogenated alkanes) is 49. The molecular formula is C83H155NO13. The van der Waals surface area contributed by atoms with Crippen molar-refractivity contribution in [1.29, 1.82) is 0 Å². The maximum atomic E-state index is 13.4. The molecule has 2 heterocycles. The van der Waals surface area contributed by atoms with E-state index in [1.165, 1.54) is 276 Å². The van der Waals surface area contributed by atoms with E-state index in [9.17, 15) is 45.6 Å². The number of allylic oxidation sites excluding steroid dienone is 8. The average Bonchev–Trinajstić information content (AvgIpc) is 0.794. The Kier molecular flexibility index (Phi) is 63.0. The quantitative estimate of drug-likeness (QED) is 0.0204. The molecule has 2 fully saturated rings. The SMILES string of the molecule is CC/C=C\C/C=C\C/C=C\C/C=C\CCCCCCCCCCCCCCCCCCCCCCCCCCC(=O)NC(COC1OC(CO)C(OC2OC(CO)C(O)C(O)C2O)C(O)C1O)C(O)CCCCCCCCCCCCCCCCCCCCCCCCCCCC. The molecule has 2 aliphatic heterocycles. The highest BCUT2D eigenvalue weighted by atomic mass is 16.7. The van der Waals surface area contributed by atoms with Gasteiger partial charge in [-0.1, -0.05) is 371 Å². The minimum atomic E-state index is -1.78. The Morgan fingerprint density at radius 1 is 0.381 bits per heavy atom. The van der Waals surface area contributed by atoms with Gasteiger partial charge in [0.25, 0.3) is 0 Å². The lowest BCUT2D eigenvalue weighted by Crippen LogP contribution is -2.65. The van der Waals surface area contributed by atoms with E-state index in [0.29, 0.717) is 12.8 Å². The number of aliphatic hydroxyl groups excluding tert-OH is 8. The van der Waals surface area contributed by atoms with Gasteiger partial charge in [-0.15, -0.1) is 0 Å². The Morgan fingerprint density at radius 2 is 0.711 bits per heavy atom. The molecular weight excluding hydrogens is 1220 g/mol. The van der Waals surface area contributed by atoms with Gasteiger partial charge >= 0.3 is 0 Å². The Bertz CT molecular complexity index is 1810. The average molecular weight is 1380 g/mol. The molecule has 2 saturated heterocycles. The van der Waals surface area contributed by atoms with Crippen molar-refractivity contribution in [1.82, 2.24) is 5.32 Å². The Balaban J connectivity index is 1.57. The van der Waals surface area contributed by atoms with Gasteiger partial charge in [0.05, 0.1) is 32.0 Å². The Morgan fingerprint density at radius 3 is 1.09 bits per heavy atom. The van der Waals surface area contributed by atoms with Crippen LogP contribution in [0.1, 0.15) is 380 Å². The standard InChI is InChI=1S/C83H155NO13/c1-3-5-7-9-11-13-15-17-19-21-23-25-27-29-31-32-33-34-35-36-37-38-39-40-41-43-45-47-49-51-53-55-57-59-61-63-65-67-75(88)84-71(70-94-82-80(93)78(91)81(74(69-86)96-82)97-83-79(92)77(90)76(89)73(68-85)95-83)72(87)66-64-62-60-58-56-54-52-50-48-46-44-42-30-28-26-24-22-20-18-16-14-12-10-8-6-4-2/h5,7,11,13,17,19,23,25,71-74,76-83,85-87,89-93H,3-4,6,8-10,12,14-16,18,20-22,24,26-70H2,1-2H3,(H,84,88)/b7-5-,13-11-,19-17-,25-23-. The summed E-state index contributed by atoms with van der Waals surface area (Å²) in [5.74, 6) is -0.198. The van der Waals surface area contributed by atoms with Gasteiger partial charge in [-0.05, 0) is 51.4 Å². The van der Waals surface area contributed by atoms with Crippen molar-refractivity contribution < 1.29 is 64.6 Å². The molecule has 1 amide bonds. The molecule has 0 aromatic carbocycles. The van der Waals surface area contributed by atoms with Crippen LogP contribution in [0.4, 0.5) is 0 Å². The third-order valence-electron chi connectivity index (χ3n) is 20.3. The van der Waals surface area contributed by atoms with Crippen molar-refractivity contribution in [2.45, 2.75) is 453 Å². The summed E-state index contributed by atoms with van der Waals surface area (Å²) in [7, 11) is 0. The maximum Gasteiger partial charge on any atom is 0.220 e. The number of rotatable bonds is 70. The predicted octanol–water partition coefficient (Wildman–Crippen LogP) is 19.0. The van der Waals surface area contributed by atoms with Crippen LogP contribution in [-0.2, 0) is 23.7 Å². The van der Waals surface area contributed by atoms with Gasteiger partial charge in [0.1, 0.15) is 48.8 Å². The van der Waals surface area contributed by atoms with E-state index in [1.807, 2.05) is 0 Å². The van der Waals surface area contributed by atoms with Gasteiger partial charge in [-0.2, -0.15) is 0 Å². The van der Waals surface area contributed by atoms with Crippen LogP contribution in [0.5, 0.6) is 0 Å². The number of nitrogens with one attached hydrogen (secondary N) is 1. The van der Waals surface area contributed by atoms with E-state index in [-0.39, 0.29) is 12.5 Å². The van der Waals surface area contributed by atoms with E-state index in [4.69, 9.17) is 18.9 Å². The van der Waals surface area contributed by atoms with Crippen molar-refractivity contribution in [2.75, 3.05) is 19.8 Å². The van der Waals surface area contributed by atoms with E-state index in [0.717, 1.165) is 77.0 Å². The third-order valence-corrected chi connectivity index (χ3v) is 20.3. The number of ether oxygens (including phenoxy) is 4. The van der Waals surface area contributed by atoms with E-state index >= 15 is 0 Å². The number of hydrogen-bond acceptors (Lipinski definition) is 13. The predicted molar refractivity (Wildman–Crippen MR) is 401 cm³/mol. The number of carbonyl (C=O) groups is 1. The summed E-state index contributed by atoms with van der Waals surface area (Å²) in [5, 5.41) is 87.9. The molecule has 0 aromatic rings. The first-order valence-electron chi connectivity index (χ1n) is 41.4. The lowest BCUT2D eigenvalue weighted by molar-refractivity contribution is -0.359. The van der Waals surface area contributed by atoms with Crippen LogP contribution < -0.4 is 5.32 Å². The largest absolute Gasteiger partial charge is 0.394 e. The maximum absolute atomic E-state index is 13.4. The highest BCUT2D eigenvalue weighted by molar-refractivity contribution is 5.76. The molecule has 12 unspecified atom stereocenters. The highest BCUT2D eigenvalue weighted by Crippen LogP contribution is 2.31. The minimum Gasteiger partial charge on any atom is -0.394 e. The van der Waals surface area contributed by atoms with Gasteiger partial charge in [-0.3, -0.25) is 4.79 Å². The molecule has 0 radical (unpaired) electrons. The van der Waals surface area contributed by atoms with Crippen LogP contribution in [0.3, 0.4) is 0 Å². The first-order valence-corrected chi connectivity index (χ1v) is 41.4. The van der Waals surface area contributed by atoms with Crippen LogP contribution in [-0.4, -0.2) is 140 Å². The summed E-state index contributed by atoms with van der Waals surface area (Å²) < 4.78 is 23.0. The van der Waals surface area contributed by atoms with Gasteiger partial charge in [-0.25, -0.2) is 0 Å². The molecule has 2 aliphatic rings. The van der Waals surface area contributed by atoms with Crippen LogP contribution in [0.25, 0.3) is 0 Å². The molecule has 14 nitrogen and oxygen atoms in total. The molecule has 97 heavy (non-hydrogen) atoms. The molecule has 0 bridgehead atoms. The molecule has 0 aliphatic carbocycles. The topological polar surface area (TPSA) is 228 Å². The number of hydrogen-bond donors (Lipinski definition) is 9. The molecule has 570 valence electrons. The van der Waals surface area contributed by atoms with Crippen molar-refractivity contribution in [3.05, 3.63) is 48.6 Å². The summed E-state index contributed by atoms with van der Waals surface area (Å²) in [6.45, 7) is 2.82. The van der Waals surface area contributed by atoms with Gasteiger partial charge in [0.15, 0.2) is 12.6 Å². The second-order valence-electron chi connectivity index (χ2n) is 29.2. The Labute approximate surface area is 594 Å². The molecule has 0 spiro atoms. The second-order valence-corrected chi connectivity index (χ2v) is 29.2. The number of carbonyl (C=O) groups excluding carboxylic acids is 1. The van der Waals surface area contributed by atoms with Gasteiger partial charge in [0.2, 0.25) is 5.91 Å². The summed E-state index contributed by atoms with van der Waals surface area (Å²) >= 11 is 0. The first-order chi connectivity index (χ1) is 47.6. The molecule has 0 saturated carbocycles. The number of aliphatic hydroxyl groups is 8. The van der Waals surface area contributed by atoms with Crippen molar-refractivity contribution in [3.8, 4) is 0 Å². The second kappa shape index (κ2) is 67.1. The highest BCUT2D eigenvalue weighted by Gasteiger charge is 2.51. The fourth-order valence-electron chi connectivity index (χ4n) is 13.8. The summed E-state index contributed by atoms with van der Waals surface area (Å²) in [5.41, 5.74) is 0. The molecule has 12 atom stereocenters. The van der Waals surface area contributed by atoms with Crippen molar-refractivity contribution in [2.24, 2.45) is 0 Å². The lowest BCUT2D eigenvalue weighted by Gasteiger charge is -2.46. The smallest absolute Gasteiger partial charge is 0.220 e. The van der Waals surface area contributed by atoms with E-state index < -0.39 is 86.8 Å². The third kappa shape index (κ3) is 50.1. The van der Waals surface area contributed by atoms with Gasteiger partial charge < -0.3 is 65.1 Å². The fraction of sp³-hybridized carbons (Fsp3) is 0.892. The van der Waals surface area contributed by atoms with E-state index in [1.54, 1.807) is 0 Å². The fourth-order valence-corrected chi connectivity index (χ4v) is 13.8. The summed E-state index contributed by atoms with van der Waals surface area (Å²) in [6.07, 6.45) is 73.0. The van der Waals surface area contributed by atoms with E-state index in [2.05, 4.69) is 67.8 Å². The van der Waals surface area contributed by atoms with Gasteiger partial charge in [0, 0.05) is 6.42 Å². The van der Waals surface area contributed by atoms with Crippen LogP contribution in [0.15, 0.2) is 48.6 Å². The molecule has 9 N–H and O–H groups in total. The molecule has 2 rings (SSSR count). The Hall–Kier alpha value is -2.05. The zero-order chi connectivity index (χ0) is 70.1. The monoisotopic (exact) mass is 1370 g/mol. The van der Waals surface area contributed by atoms with Crippen LogP contribution >= 0.6 is 0 Å². The zero-order valence-electron chi connectivity index (χ0n) is 62.6. The number of amides is 1. The molecule has 14 heteroatoms. The normalized spacial score (nSPS) is 22.3. The van der Waals surface area contributed by atoms with Crippen LogP contribution in [0.2, 0.25) is 0 Å². The van der Waals surface area contributed by atoms with Crippen molar-refractivity contribution >= 4 is 5.91 Å². The zero-order valence-corrected chi connectivity index (χ0v) is 62.6. The first kappa shape index (κ1) is 91.0. The van der Waals surface area contributed by atoms with Crippen molar-refractivity contribution in [3.63, 3.8) is 0 Å². The van der Waals surface area contributed by atoms with Crippen LogP contribution in [0, 0.1) is 0 Å². The molecule has 0 aromatic heterocycles. The minimum absolute atomic E-state index is 0.198. The summed E-state index contributed by atoms with van der Waals surface area (Å²) in [6, 6.07) is -0.829.